The normalized spacial score (nSPS) is 14.9. The van der Waals surface area contributed by atoms with Crippen LogP contribution in [-0.2, 0) is 10.0 Å². The van der Waals surface area contributed by atoms with Crippen molar-refractivity contribution in [2.75, 3.05) is 23.7 Å². The quantitative estimate of drug-likeness (QED) is 0.310. The van der Waals surface area contributed by atoms with E-state index in [-0.39, 0.29) is 22.4 Å². The fourth-order valence-electron chi connectivity index (χ4n) is 4.64. The summed E-state index contributed by atoms with van der Waals surface area (Å²) in [7, 11) is -3.59. The molecule has 3 aromatic heterocycles. The third-order valence-electron chi connectivity index (χ3n) is 6.69. The molecule has 0 spiro atoms. The number of nitrogens with one attached hydrogen (secondary N) is 3. The highest BCUT2D eigenvalue weighted by molar-refractivity contribution is 7.89. The van der Waals surface area contributed by atoms with E-state index in [2.05, 4.69) is 35.8 Å². The molecule has 4 heterocycles. The van der Waals surface area contributed by atoms with Gasteiger partial charge >= 0.3 is 0 Å². The van der Waals surface area contributed by atoms with Crippen molar-refractivity contribution in [3.8, 4) is 0 Å². The molecule has 1 aliphatic rings. The lowest BCUT2D eigenvalue weighted by Crippen LogP contribution is -2.38. The minimum Gasteiger partial charge on any atom is -0.323 e. The maximum absolute atomic E-state index is 15.2. The number of aromatic amines is 1. The first-order valence-corrected chi connectivity index (χ1v) is 13.7. The number of rotatable bonds is 7. The molecule has 3 N–H and O–H groups in total. The lowest BCUT2D eigenvalue weighted by atomic mass is 9.87. The van der Waals surface area contributed by atoms with E-state index in [1.807, 2.05) is 26.8 Å². The summed E-state index contributed by atoms with van der Waals surface area (Å²) in [4.78, 5) is 12.9. The van der Waals surface area contributed by atoms with Crippen LogP contribution < -0.4 is 10.6 Å². The molecule has 0 unspecified atom stereocenters. The van der Waals surface area contributed by atoms with E-state index in [1.54, 1.807) is 30.6 Å². The topological polar surface area (TPSA) is 129 Å². The van der Waals surface area contributed by atoms with Crippen molar-refractivity contribution >= 4 is 33.3 Å². The number of H-pyrrole nitrogens is 1. The minimum absolute atomic E-state index is 0.0580. The van der Waals surface area contributed by atoms with E-state index in [4.69, 9.17) is 0 Å². The van der Waals surface area contributed by atoms with Gasteiger partial charge in [-0.25, -0.2) is 17.8 Å². The number of hydrogen-bond acceptors (Lipinski definition) is 8. The van der Waals surface area contributed by atoms with Crippen LogP contribution in [0.2, 0.25) is 0 Å². The summed E-state index contributed by atoms with van der Waals surface area (Å²) in [5, 5.41) is 13.2. The van der Waals surface area contributed by atoms with E-state index in [9.17, 15) is 8.42 Å². The van der Waals surface area contributed by atoms with Crippen LogP contribution in [0.25, 0.3) is 0 Å². The Morgan fingerprint density at radius 1 is 1.05 bits per heavy atom. The van der Waals surface area contributed by atoms with Gasteiger partial charge in [0.2, 0.25) is 16.0 Å². The van der Waals surface area contributed by atoms with Gasteiger partial charge in [0.15, 0.2) is 5.82 Å². The SMILES string of the molecule is Cc1cc(Nc2nc(Nc3cc(C)c(C4CCN(S(=O)(=O)c5cccnc5)CC4)cc3F)ncc2C)n[nH]1. The van der Waals surface area contributed by atoms with Gasteiger partial charge in [0, 0.05) is 49.0 Å². The molecule has 5 rings (SSSR count). The van der Waals surface area contributed by atoms with Crippen LogP contribution >= 0.6 is 0 Å². The molecule has 0 bridgehead atoms. The van der Waals surface area contributed by atoms with E-state index >= 15 is 4.39 Å². The van der Waals surface area contributed by atoms with Gasteiger partial charge < -0.3 is 10.6 Å². The molecule has 1 aromatic carbocycles. The van der Waals surface area contributed by atoms with Gasteiger partial charge in [0.1, 0.15) is 16.5 Å². The first kappa shape index (κ1) is 25.7. The molecule has 0 aliphatic carbocycles. The lowest BCUT2D eigenvalue weighted by molar-refractivity contribution is 0.318. The highest BCUT2D eigenvalue weighted by atomic mass is 32.2. The number of pyridine rings is 1. The van der Waals surface area contributed by atoms with Crippen LogP contribution in [0.5, 0.6) is 0 Å². The van der Waals surface area contributed by atoms with Gasteiger partial charge in [-0.3, -0.25) is 10.1 Å². The summed E-state index contributed by atoms with van der Waals surface area (Å²) in [6.45, 7) is 6.44. The van der Waals surface area contributed by atoms with Gasteiger partial charge in [-0.15, -0.1) is 0 Å². The maximum atomic E-state index is 15.2. The molecule has 1 aliphatic heterocycles. The van der Waals surface area contributed by atoms with E-state index < -0.39 is 15.8 Å². The Kier molecular flexibility index (Phi) is 7.09. The molecule has 10 nitrogen and oxygen atoms in total. The number of nitrogens with zero attached hydrogens (tertiary/aromatic N) is 5. The van der Waals surface area contributed by atoms with Gasteiger partial charge in [0.25, 0.3) is 0 Å². The number of sulfonamides is 1. The molecule has 0 atom stereocenters. The van der Waals surface area contributed by atoms with Crippen LogP contribution in [0.4, 0.5) is 27.7 Å². The molecule has 0 saturated carbocycles. The van der Waals surface area contributed by atoms with Crippen molar-refractivity contribution in [3.05, 3.63) is 77.1 Å². The van der Waals surface area contributed by atoms with Crippen molar-refractivity contribution < 1.29 is 12.8 Å². The van der Waals surface area contributed by atoms with Crippen LogP contribution in [0, 0.1) is 26.6 Å². The van der Waals surface area contributed by atoms with Crippen LogP contribution in [0.3, 0.4) is 0 Å². The molecule has 198 valence electrons. The highest BCUT2D eigenvalue weighted by Gasteiger charge is 2.31. The average molecular weight is 537 g/mol. The molecule has 0 amide bonds. The van der Waals surface area contributed by atoms with Gasteiger partial charge in [-0.2, -0.15) is 14.4 Å². The van der Waals surface area contributed by atoms with Gasteiger partial charge in [0.05, 0.1) is 5.69 Å². The summed E-state index contributed by atoms with van der Waals surface area (Å²) < 4.78 is 42.5. The molecule has 0 radical (unpaired) electrons. The van der Waals surface area contributed by atoms with Gasteiger partial charge in [-0.05, 0) is 74.9 Å². The Bertz CT molecular complexity index is 1550. The smallest absolute Gasteiger partial charge is 0.244 e. The summed E-state index contributed by atoms with van der Waals surface area (Å²) in [6, 6.07) is 8.30. The number of benzene rings is 1. The first-order valence-electron chi connectivity index (χ1n) is 12.3. The molecular weight excluding hydrogens is 507 g/mol. The molecule has 1 saturated heterocycles. The zero-order valence-electron chi connectivity index (χ0n) is 21.4. The largest absolute Gasteiger partial charge is 0.323 e. The number of aromatic nitrogens is 5. The second-order valence-electron chi connectivity index (χ2n) is 9.47. The second kappa shape index (κ2) is 10.5. The Morgan fingerprint density at radius 2 is 1.84 bits per heavy atom. The van der Waals surface area contributed by atoms with Crippen molar-refractivity contribution in [1.29, 1.82) is 0 Å². The lowest BCUT2D eigenvalue weighted by Gasteiger charge is -2.32. The van der Waals surface area contributed by atoms with Crippen molar-refractivity contribution in [2.45, 2.75) is 44.4 Å². The monoisotopic (exact) mass is 536 g/mol. The Morgan fingerprint density at radius 3 is 2.53 bits per heavy atom. The number of anilines is 4. The zero-order chi connectivity index (χ0) is 26.9. The third kappa shape index (κ3) is 5.36. The van der Waals surface area contributed by atoms with Crippen LogP contribution in [-0.4, -0.2) is 51.0 Å². The van der Waals surface area contributed by atoms with Crippen molar-refractivity contribution in [2.24, 2.45) is 0 Å². The van der Waals surface area contributed by atoms with E-state index in [1.165, 1.54) is 16.6 Å². The fraction of sp³-hybridized carbons (Fsp3) is 0.308. The number of hydrogen-bond donors (Lipinski definition) is 3. The van der Waals surface area contributed by atoms with Crippen molar-refractivity contribution in [3.63, 3.8) is 0 Å². The predicted molar refractivity (Wildman–Crippen MR) is 143 cm³/mol. The molecule has 38 heavy (non-hydrogen) atoms. The predicted octanol–water partition coefficient (Wildman–Crippen LogP) is 4.71. The molecule has 1 fully saturated rings. The third-order valence-corrected chi connectivity index (χ3v) is 8.57. The Labute approximate surface area is 220 Å². The zero-order valence-corrected chi connectivity index (χ0v) is 22.2. The van der Waals surface area contributed by atoms with E-state index in [0.717, 1.165) is 22.4 Å². The Balaban J connectivity index is 1.29. The average Bonchev–Trinajstić information content (AvgIpc) is 3.33. The molecular formula is C26H29FN8O2S. The molecule has 4 aromatic rings. The van der Waals surface area contributed by atoms with Crippen LogP contribution in [0.1, 0.15) is 41.1 Å². The number of aryl methyl sites for hydroxylation is 3. The molecule has 12 heteroatoms. The minimum atomic E-state index is -3.59. The van der Waals surface area contributed by atoms with Crippen molar-refractivity contribution in [1.82, 2.24) is 29.5 Å². The Hall–Kier alpha value is -3.90. The highest BCUT2D eigenvalue weighted by Crippen LogP contribution is 2.35. The summed E-state index contributed by atoms with van der Waals surface area (Å²) in [5.74, 6) is 1.09. The fourth-order valence-corrected chi connectivity index (χ4v) is 6.08. The standard InChI is InChI=1S/C26H29FN8O2S/c1-16-11-23(30-26-29-14-17(2)25(32-26)31-24-12-18(3)33-34-24)22(27)13-21(16)19-6-9-35(10-7-19)38(36,37)20-5-4-8-28-15-20/h4-5,8,11-15,19H,6-7,9-10H2,1-3H3,(H3,29,30,31,32,33,34). The summed E-state index contributed by atoms with van der Waals surface area (Å²) >= 11 is 0. The number of piperidine rings is 1. The van der Waals surface area contributed by atoms with Gasteiger partial charge in [-0.1, -0.05) is 0 Å². The van der Waals surface area contributed by atoms with Crippen LogP contribution in [0.15, 0.2) is 53.8 Å². The number of halogens is 1. The summed E-state index contributed by atoms with van der Waals surface area (Å²) in [6.07, 6.45) is 5.78. The van der Waals surface area contributed by atoms with E-state index in [0.29, 0.717) is 37.6 Å². The first-order chi connectivity index (χ1) is 18.2. The summed E-state index contributed by atoms with van der Waals surface area (Å²) in [5.41, 5.74) is 3.80. The second-order valence-corrected chi connectivity index (χ2v) is 11.4. The maximum Gasteiger partial charge on any atom is 0.244 e.